The smallest absolute Gasteiger partial charge is 0.123 e. The van der Waals surface area contributed by atoms with Crippen LogP contribution >= 0.6 is 12.4 Å². The van der Waals surface area contributed by atoms with Gasteiger partial charge in [-0.1, -0.05) is 26.0 Å². The van der Waals surface area contributed by atoms with Gasteiger partial charge < -0.3 is 5.73 Å². The van der Waals surface area contributed by atoms with Gasteiger partial charge >= 0.3 is 0 Å². The Bertz CT molecular complexity index is 337. The number of hydrogen-bond acceptors (Lipinski definition) is 1. The lowest BCUT2D eigenvalue weighted by molar-refractivity contribution is 0.0618. The second-order valence-electron chi connectivity index (χ2n) is 5.18. The average Bonchev–Trinajstić information content (AvgIpc) is 2.01. The number of nitrogens with two attached hydrogens (primary N) is 1. The highest BCUT2D eigenvalue weighted by Gasteiger charge is 2.47. The first-order chi connectivity index (χ1) is 6.41. The van der Waals surface area contributed by atoms with E-state index in [4.69, 9.17) is 5.73 Å². The molecule has 1 nitrogen and oxygen atoms in total. The minimum absolute atomic E-state index is 0. The molecule has 2 N–H and O–H groups in total. The normalized spacial score (nSPS) is 21.3. The predicted octanol–water partition coefficient (Wildman–Crippen LogP) is 3.22. The molecule has 1 aliphatic carbocycles. The Morgan fingerprint density at radius 2 is 1.60 bits per heavy atom. The lowest BCUT2D eigenvalue weighted by Gasteiger charge is -2.51. The fourth-order valence-electron chi connectivity index (χ4n) is 2.64. The van der Waals surface area contributed by atoms with Gasteiger partial charge in [0.2, 0.25) is 0 Å². The summed E-state index contributed by atoms with van der Waals surface area (Å²) >= 11 is 0. The first-order valence-corrected chi connectivity index (χ1v) is 4.96. The third-order valence-corrected chi connectivity index (χ3v) is 3.01. The van der Waals surface area contributed by atoms with E-state index in [0.717, 1.165) is 18.4 Å². The maximum absolute atomic E-state index is 12.7. The molecule has 1 saturated carbocycles. The summed E-state index contributed by atoms with van der Waals surface area (Å²) in [5.41, 5.74) is 7.39. The molecule has 1 aliphatic rings. The molecule has 0 unspecified atom stereocenters. The van der Waals surface area contributed by atoms with Gasteiger partial charge in [0.05, 0.1) is 0 Å². The highest BCUT2D eigenvalue weighted by atomic mass is 35.5. The van der Waals surface area contributed by atoms with Gasteiger partial charge in [0.25, 0.3) is 0 Å². The van der Waals surface area contributed by atoms with E-state index >= 15 is 0 Å². The van der Waals surface area contributed by atoms with E-state index in [0.29, 0.717) is 5.41 Å². The van der Waals surface area contributed by atoms with Crippen LogP contribution in [0.3, 0.4) is 0 Å². The lowest BCUT2D eigenvalue weighted by atomic mass is 9.57. The molecular weight excluding hydrogens is 213 g/mol. The zero-order valence-corrected chi connectivity index (χ0v) is 9.90. The molecule has 0 radical (unpaired) electrons. The summed E-state index contributed by atoms with van der Waals surface area (Å²) in [5, 5.41) is 0. The van der Waals surface area contributed by atoms with E-state index in [2.05, 4.69) is 13.8 Å². The largest absolute Gasteiger partial charge is 0.321 e. The molecule has 0 bridgehead atoms. The van der Waals surface area contributed by atoms with E-state index in [1.165, 1.54) is 12.1 Å². The molecular formula is C12H17ClFN. The van der Waals surface area contributed by atoms with Crippen molar-refractivity contribution in [3.05, 3.63) is 35.6 Å². The van der Waals surface area contributed by atoms with Crippen LogP contribution in [0.4, 0.5) is 4.39 Å². The fraction of sp³-hybridized carbons (Fsp3) is 0.500. The van der Waals surface area contributed by atoms with Gasteiger partial charge in [-0.3, -0.25) is 0 Å². The number of halogens is 2. The van der Waals surface area contributed by atoms with Crippen LogP contribution in [0.25, 0.3) is 0 Å². The fourth-order valence-corrected chi connectivity index (χ4v) is 2.64. The predicted molar refractivity (Wildman–Crippen MR) is 62.5 cm³/mol. The highest BCUT2D eigenvalue weighted by Crippen LogP contribution is 2.51. The van der Waals surface area contributed by atoms with Crippen LogP contribution in [-0.4, -0.2) is 0 Å². The van der Waals surface area contributed by atoms with Gasteiger partial charge in [0.15, 0.2) is 0 Å². The van der Waals surface area contributed by atoms with Crippen LogP contribution < -0.4 is 5.73 Å². The molecule has 2 rings (SSSR count). The van der Waals surface area contributed by atoms with E-state index in [1.54, 1.807) is 12.1 Å². The first kappa shape index (κ1) is 12.5. The van der Waals surface area contributed by atoms with Gasteiger partial charge in [0.1, 0.15) is 5.82 Å². The number of benzene rings is 1. The van der Waals surface area contributed by atoms with E-state index in [1.807, 2.05) is 0 Å². The summed E-state index contributed by atoms with van der Waals surface area (Å²) in [5.74, 6) is -0.198. The van der Waals surface area contributed by atoms with Crippen molar-refractivity contribution in [1.82, 2.24) is 0 Å². The van der Waals surface area contributed by atoms with Crippen LogP contribution in [0, 0.1) is 11.2 Å². The molecule has 0 aliphatic heterocycles. The van der Waals surface area contributed by atoms with Crippen molar-refractivity contribution in [1.29, 1.82) is 0 Å². The molecule has 84 valence electrons. The van der Waals surface area contributed by atoms with Gasteiger partial charge in [-0.25, -0.2) is 4.39 Å². The third kappa shape index (κ3) is 2.32. The van der Waals surface area contributed by atoms with Crippen LogP contribution in [-0.2, 0) is 5.54 Å². The Labute approximate surface area is 96.3 Å². The van der Waals surface area contributed by atoms with Gasteiger partial charge in [-0.15, -0.1) is 12.4 Å². The van der Waals surface area contributed by atoms with Crippen LogP contribution in [0.1, 0.15) is 32.3 Å². The number of hydrogen-bond donors (Lipinski definition) is 1. The summed E-state index contributed by atoms with van der Waals surface area (Å²) in [7, 11) is 0. The van der Waals surface area contributed by atoms with Crippen molar-refractivity contribution in [3.8, 4) is 0 Å². The summed E-state index contributed by atoms with van der Waals surface area (Å²) in [4.78, 5) is 0. The third-order valence-electron chi connectivity index (χ3n) is 3.01. The lowest BCUT2D eigenvalue weighted by Crippen LogP contribution is -2.53. The molecule has 1 aromatic rings. The highest BCUT2D eigenvalue weighted by molar-refractivity contribution is 5.85. The zero-order chi connectivity index (χ0) is 10.4. The molecule has 0 saturated heterocycles. The number of rotatable bonds is 1. The molecule has 3 heteroatoms. The van der Waals surface area contributed by atoms with Crippen molar-refractivity contribution in [3.63, 3.8) is 0 Å². The topological polar surface area (TPSA) is 26.0 Å². The Kier molecular flexibility index (Phi) is 3.13. The zero-order valence-electron chi connectivity index (χ0n) is 9.09. The van der Waals surface area contributed by atoms with E-state index < -0.39 is 0 Å². The average molecular weight is 230 g/mol. The van der Waals surface area contributed by atoms with Crippen LogP contribution in [0.15, 0.2) is 24.3 Å². The monoisotopic (exact) mass is 229 g/mol. The quantitative estimate of drug-likeness (QED) is 0.786. The molecule has 15 heavy (non-hydrogen) atoms. The minimum atomic E-state index is -0.225. The Morgan fingerprint density at radius 3 is 2.00 bits per heavy atom. The Hall–Kier alpha value is -0.600. The van der Waals surface area contributed by atoms with Crippen LogP contribution in [0.2, 0.25) is 0 Å². The summed E-state index contributed by atoms with van der Waals surface area (Å²) in [6.45, 7) is 4.42. The summed E-state index contributed by atoms with van der Waals surface area (Å²) in [6.07, 6.45) is 1.96. The van der Waals surface area contributed by atoms with E-state index in [-0.39, 0.29) is 23.8 Å². The SMILES string of the molecule is CC1(C)CC(N)(c2ccc(F)cc2)C1.Cl. The second kappa shape index (κ2) is 3.76. The van der Waals surface area contributed by atoms with Gasteiger partial charge in [-0.05, 0) is 36.0 Å². The Morgan fingerprint density at radius 1 is 1.13 bits per heavy atom. The van der Waals surface area contributed by atoms with Crippen molar-refractivity contribution in [2.45, 2.75) is 32.2 Å². The van der Waals surface area contributed by atoms with Crippen molar-refractivity contribution >= 4 is 12.4 Å². The maximum atomic E-state index is 12.7. The molecule has 0 spiro atoms. The van der Waals surface area contributed by atoms with E-state index in [9.17, 15) is 4.39 Å². The standard InChI is InChI=1S/C12H16FN.ClH/c1-11(2)7-12(14,8-11)9-3-5-10(13)6-4-9;/h3-6H,7-8,14H2,1-2H3;1H. The molecule has 0 atom stereocenters. The molecule has 0 amide bonds. The van der Waals surface area contributed by atoms with Crippen molar-refractivity contribution in [2.75, 3.05) is 0 Å². The summed E-state index contributed by atoms with van der Waals surface area (Å²) < 4.78 is 12.7. The van der Waals surface area contributed by atoms with Crippen molar-refractivity contribution in [2.24, 2.45) is 11.1 Å². The molecule has 1 fully saturated rings. The second-order valence-corrected chi connectivity index (χ2v) is 5.18. The Balaban J connectivity index is 0.00000112. The molecule has 0 aromatic heterocycles. The molecule has 1 aromatic carbocycles. The van der Waals surface area contributed by atoms with Crippen LogP contribution in [0.5, 0.6) is 0 Å². The molecule has 0 heterocycles. The first-order valence-electron chi connectivity index (χ1n) is 4.96. The van der Waals surface area contributed by atoms with Gasteiger partial charge in [-0.2, -0.15) is 0 Å². The summed E-state index contributed by atoms with van der Waals surface area (Å²) in [6, 6.07) is 6.56. The van der Waals surface area contributed by atoms with Crippen molar-refractivity contribution < 1.29 is 4.39 Å². The van der Waals surface area contributed by atoms with Gasteiger partial charge in [0, 0.05) is 5.54 Å². The maximum Gasteiger partial charge on any atom is 0.123 e. The minimum Gasteiger partial charge on any atom is -0.321 e.